The lowest BCUT2D eigenvalue weighted by Gasteiger charge is -2.29. The summed E-state index contributed by atoms with van der Waals surface area (Å²) in [6.07, 6.45) is 4.78. The Morgan fingerprint density at radius 1 is 0.963 bits per heavy atom. The first-order valence-corrected chi connectivity index (χ1v) is 11.0. The van der Waals surface area contributed by atoms with Crippen molar-refractivity contribution < 1.29 is 13.2 Å². The van der Waals surface area contributed by atoms with Crippen molar-refractivity contribution >= 4 is 15.9 Å². The van der Waals surface area contributed by atoms with E-state index in [1.54, 1.807) is 12.1 Å². The fraction of sp³-hybridized carbons (Fsp3) is 0.381. The first-order valence-electron chi connectivity index (χ1n) is 9.51. The highest BCUT2D eigenvalue weighted by Crippen LogP contribution is 2.22. The number of rotatable bonds is 4. The fourth-order valence-corrected chi connectivity index (χ4v) is 5.26. The van der Waals surface area contributed by atoms with Crippen LogP contribution in [0.1, 0.15) is 47.2 Å². The third-order valence-corrected chi connectivity index (χ3v) is 7.04. The van der Waals surface area contributed by atoms with Crippen LogP contribution >= 0.6 is 0 Å². The van der Waals surface area contributed by atoms with Crippen LogP contribution in [0.2, 0.25) is 0 Å². The molecular weight excluding hydrogens is 360 g/mol. The highest BCUT2D eigenvalue weighted by atomic mass is 32.2. The lowest BCUT2D eigenvalue weighted by molar-refractivity contribution is 0.0734. The van der Waals surface area contributed by atoms with Crippen molar-refractivity contribution in [1.29, 1.82) is 0 Å². The molecule has 0 atom stereocenters. The van der Waals surface area contributed by atoms with Gasteiger partial charge in [0.05, 0.1) is 4.90 Å². The molecule has 27 heavy (non-hydrogen) atoms. The van der Waals surface area contributed by atoms with Gasteiger partial charge in [0.25, 0.3) is 5.91 Å². The average molecular weight is 385 g/mol. The predicted molar refractivity (Wildman–Crippen MR) is 104 cm³/mol. The molecule has 1 N–H and O–H groups in total. The zero-order chi connectivity index (χ0) is 18.9. The minimum atomic E-state index is -3.53. The summed E-state index contributed by atoms with van der Waals surface area (Å²) in [5, 5.41) is 0. The number of fused-ring (bicyclic) bond motifs is 1. The molecule has 2 aromatic carbocycles. The van der Waals surface area contributed by atoms with Crippen molar-refractivity contribution in [2.24, 2.45) is 0 Å². The summed E-state index contributed by atoms with van der Waals surface area (Å²) in [4.78, 5) is 14.8. The maximum absolute atomic E-state index is 12.8. The average Bonchev–Trinajstić information content (AvgIpc) is 3.19. The van der Waals surface area contributed by atoms with Gasteiger partial charge in [0.2, 0.25) is 10.0 Å². The molecule has 1 heterocycles. The highest BCUT2D eigenvalue weighted by molar-refractivity contribution is 7.89. The molecule has 0 unspecified atom stereocenters. The molecule has 0 spiro atoms. The van der Waals surface area contributed by atoms with Crippen molar-refractivity contribution in [3.05, 3.63) is 65.2 Å². The fourth-order valence-electron chi connectivity index (χ4n) is 3.96. The number of benzene rings is 2. The van der Waals surface area contributed by atoms with E-state index < -0.39 is 10.0 Å². The number of carbonyl (C=O) groups excluding carboxylic acids is 1. The van der Waals surface area contributed by atoms with E-state index >= 15 is 0 Å². The summed E-state index contributed by atoms with van der Waals surface area (Å²) in [5.74, 6) is -0.0581. The number of nitrogens with zero attached hydrogens (tertiary/aromatic N) is 1. The van der Waals surface area contributed by atoms with Crippen LogP contribution in [-0.4, -0.2) is 31.8 Å². The second kappa shape index (κ2) is 7.44. The van der Waals surface area contributed by atoms with Crippen LogP contribution in [0.4, 0.5) is 0 Å². The first kappa shape index (κ1) is 18.2. The second-order valence-electron chi connectivity index (χ2n) is 7.37. The maximum Gasteiger partial charge on any atom is 0.254 e. The van der Waals surface area contributed by atoms with Gasteiger partial charge in [-0.3, -0.25) is 4.79 Å². The zero-order valence-corrected chi connectivity index (χ0v) is 16.0. The van der Waals surface area contributed by atoms with E-state index in [0.717, 1.165) is 32.1 Å². The summed E-state index contributed by atoms with van der Waals surface area (Å²) >= 11 is 0. The third kappa shape index (κ3) is 3.92. The first-order chi connectivity index (χ1) is 13.0. The summed E-state index contributed by atoms with van der Waals surface area (Å²) in [5.41, 5.74) is 2.99. The Bertz CT molecular complexity index is 932. The predicted octanol–water partition coefficient (Wildman–Crippen LogP) is 3.11. The molecule has 1 saturated carbocycles. The van der Waals surface area contributed by atoms with Crippen LogP contribution in [-0.2, 0) is 23.0 Å². The third-order valence-electron chi connectivity index (χ3n) is 5.51. The van der Waals surface area contributed by atoms with E-state index in [1.165, 1.54) is 23.3 Å². The van der Waals surface area contributed by atoms with E-state index in [9.17, 15) is 13.2 Å². The number of nitrogens with one attached hydrogen (secondary N) is 1. The van der Waals surface area contributed by atoms with Crippen molar-refractivity contribution in [2.45, 2.75) is 49.6 Å². The zero-order valence-electron chi connectivity index (χ0n) is 15.2. The molecule has 0 aromatic heterocycles. The molecule has 2 aliphatic rings. The number of hydrogen-bond donors (Lipinski definition) is 1. The van der Waals surface area contributed by atoms with Crippen molar-refractivity contribution in [2.75, 3.05) is 6.54 Å². The molecule has 5 nitrogen and oxygen atoms in total. The Morgan fingerprint density at radius 2 is 1.63 bits per heavy atom. The van der Waals surface area contributed by atoms with Crippen LogP contribution in [0, 0.1) is 0 Å². The summed E-state index contributed by atoms with van der Waals surface area (Å²) in [6.45, 7) is 1.28. The summed E-state index contributed by atoms with van der Waals surface area (Å²) < 4.78 is 27.8. The van der Waals surface area contributed by atoms with Crippen LogP contribution < -0.4 is 4.72 Å². The molecular formula is C21H24N2O3S. The van der Waals surface area contributed by atoms with Gasteiger partial charge >= 0.3 is 0 Å². The number of hydrogen-bond acceptors (Lipinski definition) is 3. The highest BCUT2D eigenvalue weighted by Gasteiger charge is 2.24. The summed E-state index contributed by atoms with van der Waals surface area (Å²) in [7, 11) is -3.53. The standard InChI is InChI=1S/C21H24N2O3S/c24-21(23-14-13-16-5-1-2-6-18(16)15-23)17-9-11-20(12-10-17)27(25,26)22-19-7-3-4-8-19/h1-2,5-6,9-12,19,22H,3-4,7-8,13-15H2. The van der Waals surface area contributed by atoms with Gasteiger partial charge in [0.15, 0.2) is 0 Å². The quantitative estimate of drug-likeness (QED) is 0.881. The smallest absolute Gasteiger partial charge is 0.254 e. The molecule has 142 valence electrons. The van der Waals surface area contributed by atoms with E-state index in [0.29, 0.717) is 18.7 Å². The van der Waals surface area contributed by atoms with Gasteiger partial charge in [-0.25, -0.2) is 13.1 Å². The summed E-state index contributed by atoms with van der Waals surface area (Å²) in [6, 6.07) is 14.5. The van der Waals surface area contributed by atoms with E-state index in [-0.39, 0.29) is 16.8 Å². The monoisotopic (exact) mass is 384 g/mol. The number of sulfonamides is 1. The van der Waals surface area contributed by atoms with E-state index in [2.05, 4.69) is 16.9 Å². The van der Waals surface area contributed by atoms with Gasteiger partial charge < -0.3 is 4.90 Å². The molecule has 1 fully saturated rings. The van der Waals surface area contributed by atoms with Crippen LogP contribution in [0.15, 0.2) is 53.4 Å². The molecule has 0 radical (unpaired) electrons. The van der Waals surface area contributed by atoms with Gasteiger partial charge in [-0.15, -0.1) is 0 Å². The van der Waals surface area contributed by atoms with Crippen LogP contribution in [0.25, 0.3) is 0 Å². The SMILES string of the molecule is O=C(c1ccc(S(=O)(=O)NC2CCCC2)cc1)N1CCc2ccccc2C1. The molecule has 4 rings (SSSR count). The largest absolute Gasteiger partial charge is 0.334 e. The Labute approximate surface area is 160 Å². The van der Waals surface area contributed by atoms with Gasteiger partial charge in [-0.2, -0.15) is 0 Å². The minimum Gasteiger partial charge on any atom is -0.334 e. The van der Waals surface area contributed by atoms with E-state index in [4.69, 9.17) is 0 Å². The van der Waals surface area contributed by atoms with Gasteiger partial charge in [-0.1, -0.05) is 37.1 Å². The normalized spacial score (nSPS) is 17.7. The second-order valence-corrected chi connectivity index (χ2v) is 9.09. The molecule has 1 amide bonds. The Hall–Kier alpha value is -2.18. The number of amides is 1. The number of carbonyl (C=O) groups is 1. The maximum atomic E-state index is 12.8. The Balaban J connectivity index is 1.46. The molecule has 6 heteroatoms. The Kier molecular flexibility index (Phi) is 5.02. The lowest BCUT2D eigenvalue weighted by Crippen LogP contribution is -2.36. The van der Waals surface area contributed by atoms with Gasteiger partial charge in [0.1, 0.15) is 0 Å². The molecule has 1 aliphatic carbocycles. The Morgan fingerprint density at radius 3 is 2.33 bits per heavy atom. The van der Waals surface area contributed by atoms with Crippen molar-refractivity contribution in [3.63, 3.8) is 0 Å². The lowest BCUT2D eigenvalue weighted by atomic mass is 9.99. The van der Waals surface area contributed by atoms with Crippen molar-refractivity contribution in [3.8, 4) is 0 Å². The minimum absolute atomic E-state index is 0.0322. The molecule has 1 aliphatic heterocycles. The van der Waals surface area contributed by atoms with E-state index in [1.807, 2.05) is 17.0 Å². The topological polar surface area (TPSA) is 66.5 Å². The molecule has 0 saturated heterocycles. The molecule has 2 aromatic rings. The van der Waals surface area contributed by atoms with Gasteiger partial charge in [-0.05, 0) is 54.7 Å². The van der Waals surface area contributed by atoms with Crippen molar-refractivity contribution in [1.82, 2.24) is 9.62 Å². The van der Waals surface area contributed by atoms with Crippen LogP contribution in [0.5, 0.6) is 0 Å². The van der Waals surface area contributed by atoms with Gasteiger partial charge in [0, 0.05) is 24.7 Å². The molecule has 0 bridgehead atoms. The van der Waals surface area contributed by atoms with Crippen LogP contribution in [0.3, 0.4) is 0 Å².